The Morgan fingerprint density at radius 3 is 2.63 bits per heavy atom. The molecule has 1 saturated heterocycles. The van der Waals surface area contributed by atoms with Crippen LogP contribution in [0.4, 0.5) is 0 Å². The molecule has 0 radical (unpaired) electrons. The Hall–Kier alpha value is -1.10. The third kappa shape index (κ3) is 3.26. The van der Waals surface area contributed by atoms with Crippen molar-refractivity contribution in [2.75, 3.05) is 32.9 Å². The normalized spacial score (nSPS) is 18.7. The van der Waals surface area contributed by atoms with Crippen LogP contribution in [-0.4, -0.2) is 48.0 Å². The predicted octanol–water partition coefficient (Wildman–Crippen LogP) is 1.26. The van der Waals surface area contributed by atoms with Crippen molar-refractivity contribution >= 4 is 0 Å². The molecule has 1 aliphatic rings. The summed E-state index contributed by atoms with van der Waals surface area (Å²) in [6.07, 6.45) is 0.844. The number of benzene rings is 1. The van der Waals surface area contributed by atoms with Gasteiger partial charge in [0.15, 0.2) is 0 Å². The Morgan fingerprint density at radius 2 is 2.00 bits per heavy atom. The number of rotatable bonds is 6. The molecule has 0 saturated carbocycles. The van der Waals surface area contributed by atoms with Crippen molar-refractivity contribution in [1.29, 1.82) is 0 Å². The third-order valence-corrected chi connectivity index (χ3v) is 3.85. The lowest BCUT2D eigenvalue weighted by atomic mass is 9.89. The van der Waals surface area contributed by atoms with Gasteiger partial charge in [-0.05, 0) is 26.0 Å². The summed E-state index contributed by atoms with van der Waals surface area (Å²) in [5.41, 5.74) is 0.830. The lowest BCUT2D eigenvalue weighted by Gasteiger charge is -2.25. The first-order valence-electron chi connectivity index (χ1n) is 6.88. The summed E-state index contributed by atoms with van der Waals surface area (Å²) in [6, 6.07) is 8.05. The van der Waals surface area contributed by atoms with Crippen LogP contribution < -0.4 is 4.74 Å². The lowest BCUT2D eigenvalue weighted by Crippen LogP contribution is -2.33. The highest BCUT2D eigenvalue weighted by molar-refractivity contribution is 5.33. The minimum atomic E-state index is -0.333. The van der Waals surface area contributed by atoms with Gasteiger partial charge in [0.1, 0.15) is 5.75 Å². The number of para-hydroxylation sites is 1. The van der Waals surface area contributed by atoms with E-state index < -0.39 is 0 Å². The van der Waals surface area contributed by atoms with Gasteiger partial charge in [0.05, 0.1) is 19.8 Å². The van der Waals surface area contributed by atoms with E-state index in [-0.39, 0.29) is 18.6 Å². The zero-order chi connectivity index (χ0) is 13.7. The van der Waals surface area contributed by atoms with Gasteiger partial charge < -0.3 is 14.9 Å². The molecule has 106 valence electrons. The summed E-state index contributed by atoms with van der Waals surface area (Å²) < 4.78 is 5.63. The van der Waals surface area contributed by atoms with Crippen LogP contribution in [0.2, 0.25) is 0 Å². The van der Waals surface area contributed by atoms with E-state index in [9.17, 15) is 10.2 Å². The molecule has 0 aliphatic carbocycles. The first kappa shape index (κ1) is 14.3. The van der Waals surface area contributed by atoms with Crippen LogP contribution in [-0.2, 0) is 6.54 Å². The standard InChI is InChI=1S/C15H23NO3/c1-2-19-14-6-4-3-5-13(14)9-16-8-7-15(10-16,11-17)12-18/h3-6,17-18H,2,7-12H2,1H3. The second kappa shape index (κ2) is 6.37. The second-order valence-electron chi connectivity index (χ2n) is 5.32. The van der Waals surface area contributed by atoms with E-state index in [4.69, 9.17) is 4.74 Å². The van der Waals surface area contributed by atoms with Crippen molar-refractivity contribution < 1.29 is 14.9 Å². The van der Waals surface area contributed by atoms with Crippen LogP contribution in [0.3, 0.4) is 0 Å². The number of hydrogen-bond donors (Lipinski definition) is 2. The fourth-order valence-corrected chi connectivity index (χ4v) is 2.64. The maximum absolute atomic E-state index is 9.43. The Morgan fingerprint density at radius 1 is 1.26 bits per heavy atom. The number of aliphatic hydroxyl groups is 2. The average molecular weight is 265 g/mol. The van der Waals surface area contributed by atoms with Crippen molar-refractivity contribution in [3.63, 3.8) is 0 Å². The van der Waals surface area contributed by atoms with Crippen molar-refractivity contribution in [3.8, 4) is 5.75 Å². The maximum atomic E-state index is 9.43. The SMILES string of the molecule is CCOc1ccccc1CN1CCC(CO)(CO)C1. The number of ether oxygens (including phenoxy) is 1. The fraction of sp³-hybridized carbons (Fsp3) is 0.600. The van der Waals surface area contributed by atoms with Crippen LogP contribution >= 0.6 is 0 Å². The molecule has 4 nitrogen and oxygen atoms in total. The highest BCUT2D eigenvalue weighted by atomic mass is 16.5. The van der Waals surface area contributed by atoms with Gasteiger partial charge in [-0.1, -0.05) is 18.2 Å². The van der Waals surface area contributed by atoms with Crippen molar-refractivity contribution in [3.05, 3.63) is 29.8 Å². The molecule has 1 aromatic carbocycles. The monoisotopic (exact) mass is 265 g/mol. The molecule has 4 heteroatoms. The van der Waals surface area contributed by atoms with Gasteiger partial charge in [-0.3, -0.25) is 4.90 Å². The van der Waals surface area contributed by atoms with Gasteiger partial charge in [-0.15, -0.1) is 0 Å². The van der Waals surface area contributed by atoms with Crippen molar-refractivity contribution in [2.24, 2.45) is 5.41 Å². The predicted molar refractivity (Wildman–Crippen MR) is 74.1 cm³/mol. The van der Waals surface area contributed by atoms with Crippen LogP contribution in [0.15, 0.2) is 24.3 Å². The first-order valence-corrected chi connectivity index (χ1v) is 6.88. The fourth-order valence-electron chi connectivity index (χ4n) is 2.64. The van der Waals surface area contributed by atoms with E-state index >= 15 is 0 Å². The van der Waals surface area contributed by atoms with Gasteiger partial charge in [-0.2, -0.15) is 0 Å². The minimum absolute atomic E-state index is 0.0487. The Bertz CT molecular complexity index is 404. The van der Waals surface area contributed by atoms with Gasteiger partial charge in [-0.25, -0.2) is 0 Å². The van der Waals surface area contributed by atoms with E-state index in [1.807, 2.05) is 25.1 Å². The highest BCUT2D eigenvalue weighted by Crippen LogP contribution is 2.31. The van der Waals surface area contributed by atoms with Crippen LogP contribution in [0.1, 0.15) is 18.9 Å². The Labute approximate surface area is 114 Å². The smallest absolute Gasteiger partial charge is 0.123 e. The van der Waals surface area contributed by atoms with Gasteiger partial charge in [0.25, 0.3) is 0 Å². The summed E-state index contributed by atoms with van der Waals surface area (Å²) in [7, 11) is 0. The number of likely N-dealkylation sites (tertiary alicyclic amines) is 1. The molecule has 0 aromatic heterocycles. The molecule has 1 heterocycles. The topological polar surface area (TPSA) is 52.9 Å². The second-order valence-corrected chi connectivity index (χ2v) is 5.32. The molecule has 0 bridgehead atoms. The molecule has 1 aromatic rings. The van der Waals surface area contributed by atoms with E-state index in [1.54, 1.807) is 0 Å². The summed E-state index contributed by atoms with van der Waals surface area (Å²) in [6.45, 7) is 5.18. The molecule has 1 fully saturated rings. The Balaban J connectivity index is 2.03. The van der Waals surface area contributed by atoms with Crippen molar-refractivity contribution in [1.82, 2.24) is 4.90 Å². The van der Waals surface area contributed by atoms with Gasteiger partial charge in [0.2, 0.25) is 0 Å². The molecule has 2 rings (SSSR count). The lowest BCUT2D eigenvalue weighted by molar-refractivity contribution is 0.0606. The number of aliphatic hydroxyl groups excluding tert-OH is 2. The quantitative estimate of drug-likeness (QED) is 0.813. The zero-order valence-corrected chi connectivity index (χ0v) is 11.5. The zero-order valence-electron chi connectivity index (χ0n) is 11.5. The average Bonchev–Trinajstić information content (AvgIpc) is 2.85. The van der Waals surface area contributed by atoms with E-state index in [2.05, 4.69) is 11.0 Å². The molecule has 0 atom stereocenters. The molecule has 0 spiro atoms. The van der Waals surface area contributed by atoms with E-state index in [0.29, 0.717) is 6.61 Å². The van der Waals surface area contributed by atoms with Crippen LogP contribution in [0.25, 0.3) is 0 Å². The molecule has 2 N–H and O–H groups in total. The first-order chi connectivity index (χ1) is 9.23. The number of nitrogens with zero attached hydrogens (tertiary/aromatic N) is 1. The van der Waals surface area contributed by atoms with Gasteiger partial charge >= 0.3 is 0 Å². The summed E-state index contributed by atoms with van der Waals surface area (Å²) >= 11 is 0. The van der Waals surface area contributed by atoms with Gasteiger partial charge in [0, 0.05) is 24.1 Å². The Kier molecular flexibility index (Phi) is 4.80. The molecular formula is C15H23NO3. The molecule has 19 heavy (non-hydrogen) atoms. The summed E-state index contributed by atoms with van der Waals surface area (Å²) in [5.74, 6) is 0.926. The molecule has 0 amide bonds. The molecule has 1 aliphatic heterocycles. The summed E-state index contributed by atoms with van der Waals surface area (Å²) in [4.78, 5) is 2.27. The minimum Gasteiger partial charge on any atom is -0.494 e. The highest BCUT2D eigenvalue weighted by Gasteiger charge is 2.37. The number of hydrogen-bond acceptors (Lipinski definition) is 4. The third-order valence-electron chi connectivity index (χ3n) is 3.85. The van der Waals surface area contributed by atoms with Crippen molar-refractivity contribution in [2.45, 2.75) is 19.9 Å². The van der Waals surface area contributed by atoms with Crippen LogP contribution in [0, 0.1) is 5.41 Å². The molecule has 0 unspecified atom stereocenters. The molecular weight excluding hydrogens is 242 g/mol. The van der Waals surface area contributed by atoms with Crippen LogP contribution in [0.5, 0.6) is 5.75 Å². The summed E-state index contributed by atoms with van der Waals surface area (Å²) in [5, 5.41) is 18.9. The van der Waals surface area contributed by atoms with E-state index in [0.717, 1.165) is 37.4 Å². The maximum Gasteiger partial charge on any atom is 0.123 e. The van der Waals surface area contributed by atoms with E-state index in [1.165, 1.54) is 0 Å². The largest absolute Gasteiger partial charge is 0.494 e.